The average molecular weight is 444 g/mol. The van der Waals surface area contributed by atoms with Crippen LogP contribution in [0.1, 0.15) is 39.2 Å². The number of piperidine rings is 1. The number of esters is 1. The van der Waals surface area contributed by atoms with E-state index in [9.17, 15) is 14.7 Å². The number of likely N-dealkylation sites (tertiary alicyclic amines) is 2. The predicted molar refractivity (Wildman–Crippen MR) is 121 cm³/mol. The number of hydrogen-bond acceptors (Lipinski definition) is 7. The third-order valence-corrected chi connectivity index (χ3v) is 6.55. The number of aromatic nitrogens is 1. The maximum Gasteiger partial charge on any atom is 0.336 e. The summed E-state index contributed by atoms with van der Waals surface area (Å²) in [6, 6.07) is 3.82. The van der Waals surface area contributed by atoms with E-state index >= 15 is 0 Å². The minimum Gasteiger partial charge on any atom is -0.456 e. The van der Waals surface area contributed by atoms with Crippen LogP contribution in [0.5, 0.6) is 0 Å². The molecule has 9 nitrogen and oxygen atoms in total. The van der Waals surface area contributed by atoms with Crippen LogP contribution in [0, 0.1) is 5.41 Å². The third-order valence-electron chi connectivity index (χ3n) is 6.55. The van der Waals surface area contributed by atoms with Gasteiger partial charge in [-0.2, -0.15) is 0 Å². The number of carbonyl (C=O) groups is 2. The van der Waals surface area contributed by atoms with Gasteiger partial charge in [0.25, 0.3) is 0 Å². The molecule has 9 heteroatoms. The number of aliphatic hydroxyl groups excluding tert-OH is 1. The molecule has 2 fully saturated rings. The normalized spacial score (nSPS) is 23.1. The molecule has 1 spiro atoms. The number of β-amino-alcohol motifs (C(OH)–C–C–N with tert-alkyl or cyclic N) is 1. The van der Waals surface area contributed by atoms with Crippen LogP contribution >= 0.6 is 0 Å². The Kier molecular flexibility index (Phi) is 7.63. The van der Waals surface area contributed by atoms with Crippen molar-refractivity contribution < 1.29 is 19.4 Å². The first-order valence-corrected chi connectivity index (χ1v) is 11.2. The minimum atomic E-state index is -0.765. The Labute approximate surface area is 189 Å². The highest BCUT2D eigenvalue weighted by atomic mass is 16.5. The molecule has 3 aliphatic heterocycles. The van der Waals surface area contributed by atoms with Gasteiger partial charge in [-0.1, -0.05) is 19.9 Å². The van der Waals surface area contributed by atoms with Gasteiger partial charge in [0.1, 0.15) is 6.61 Å². The zero-order chi connectivity index (χ0) is 23.3. The minimum absolute atomic E-state index is 0.0810. The second-order valence-corrected chi connectivity index (χ2v) is 8.13. The van der Waals surface area contributed by atoms with Crippen molar-refractivity contribution >= 4 is 24.0 Å². The lowest BCUT2D eigenvalue weighted by molar-refractivity contribution is -0.140. The fourth-order valence-electron chi connectivity index (χ4n) is 4.55. The topological polar surface area (TPSA) is 121 Å². The number of hydrogen-bond donors (Lipinski definition) is 2. The molecule has 32 heavy (non-hydrogen) atoms. The monoisotopic (exact) mass is 443 g/mol. The molecule has 3 N–H and O–H groups in total. The standard InChI is InChI=1S/C21H27N5O4.C2H6/c1-14-16(12-30-19(14)28)26-11-17(27)21(20(26)29)5-8-25(9-6-21)7-4-15-2-3-18(23-10-15)24-13-22;1-2/h2-3,10,13,17,27H,4-9,11-12H2,1H3,(H2,22,23,24);1-2H3. The summed E-state index contributed by atoms with van der Waals surface area (Å²) in [7, 11) is 0. The number of amides is 1. The van der Waals surface area contributed by atoms with Gasteiger partial charge < -0.3 is 25.4 Å². The summed E-state index contributed by atoms with van der Waals surface area (Å²) in [4.78, 5) is 37.0. The molecule has 4 heterocycles. The average Bonchev–Trinajstić information content (AvgIpc) is 3.27. The molecule has 4 rings (SSSR count). The van der Waals surface area contributed by atoms with Gasteiger partial charge in [-0.3, -0.25) is 4.79 Å². The van der Waals surface area contributed by atoms with E-state index in [-0.39, 0.29) is 25.0 Å². The Morgan fingerprint density at radius 1 is 1.31 bits per heavy atom. The van der Waals surface area contributed by atoms with Crippen molar-refractivity contribution in [2.75, 3.05) is 32.8 Å². The van der Waals surface area contributed by atoms with E-state index in [4.69, 9.17) is 10.5 Å². The molecule has 1 aromatic heterocycles. The summed E-state index contributed by atoms with van der Waals surface area (Å²) in [6.45, 7) is 8.35. The first kappa shape index (κ1) is 23.9. The smallest absolute Gasteiger partial charge is 0.336 e. The molecular weight excluding hydrogens is 410 g/mol. The Morgan fingerprint density at radius 2 is 2.03 bits per heavy atom. The Hall–Kier alpha value is -2.78. The number of nitrogens with zero attached hydrogens (tertiary/aromatic N) is 4. The summed E-state index contributed by atoms with van der Waals surface area (Å²) >= 11 is 0. The number of rotatable bonds is 5. The highest BCUT2D eigenvalue weighted by Gasteiger charge is 2.55. The quantitative estimate of drug-likeness (QED) is 0.401. The zero-order valence-corrected chi connectivity index (χ0v) is 19.1. The number of aliphatic hydroxyl groups is 1. The summed E-state index contributed by atoms with van der Waals surface area (Å²) in [5, 5.41) is 10.8. The van der Waals surface area contributed by atoms with Crippen LogP contribution in [0.4, 0.5) is 5.82 Å². The highest BCUT2D eigenvalue weighted by molar-refractivity contribution is 5.94. The van der Waals surface area contributed by atoms with Gasteiger partial charge in [0.05, 0.1) is 35.7 Å². The summed E-state index contributed by atoms with van der Waals surface area (Å²) in [5.41, 5.74) is 6.68. The van der Waals surface area contributed by atoms with Gasteiger partial charge in [0.15, 0.2) is 5.82 Å². The number of pyridine rings is 1. The largest absolute Gasteiger partial charge is 0.456 e. The number of cyclic esters (lactones) is 1. The Bertz CT molecular complexity index is 888. The van der Waals surface area contributed by atoms with E-state index in [2.05, 4.69) is 14.9 Å². The molecule has 1 amide bonds. The van der Waals surface area contributed by atoms with Gasteiger partial charge in [-0.05, 0) is 50.9 Å². The van der Waals surface area contributed by atoms with E-state index in [0.717, 1.165) is 31.6 Å². The van der Waals surface area contributed by atoms with E-state index in [1.165, 1.54) is 6.34 Å². The molecule has 0 aromatic carbocycles. The molecule has 2 saturated heterocycles. The van der Waals surface area contributed by atoms with Gasteiger partial charge in [-0.25, -0.2) is 14.8 Å². The van der Waals surface area contributed by atoms with Gasteiger partial charge >= 0.3 is 5.97 Å². The maximum atomic E-state index is 13.2. The molecule has 0 radical (unpaired) electrons. The molecule has 0 saturated carbocycles. The first-order chi connectivity index (χ1) is 15.4. The lowest BCUT2D eigenvalue weighted by atomic mass is 9.75. The van der Waals surface area contributed by atoms with Crippen molar-refractivity contribution in [2.24, 2.45) is 16.1 Å². The van der Waals surface area contributed by atoms with Crippen LogP contribution in [-0.2, 0) is 20.7 Å². The molecule has 1 aromatic rings. The van der Waals surface area contributed by atoms with Crippen LogP contribution < -0.4 is 5.73 Å². The Morgan fingerprint density at radius 3 is 2.59 bits per heavy atom. The number of carbonyl (C=O) groups excluding carboxylic acids is 2. The van der Waals surface area contributed by atoms with Crippen LogP contribution in [0.25, 0.3) is 0 Å². The van der Waals surface area contributed by atoms with Crippen molar-refractivity contribution in [3.8, 4) is 0 Å². The number of nitrogens with two attached hydrogens (primary N) is 1. The highest BCUT2D eigenvalue weighted by Crippen LogP contribution is 2.44. The van der Waals surface area contributed by atoms with Crippen LogP contribution in [0.2, 0.25) is 0 Å². The molecule has 3 aliphatic rings. The summed E-state index contributed by atoms with van der Waals surface area (Å²) in [5.74, 6) is 0.113. The van der Waals surface area contributed by atoms with Crippen molar-refractivity contribution in [3.63, 3.8) is 0 Å². The van der Waals surface area contributed by atoms with E-state index < -0.39 is 11.5 Å². The van der Waals surface area contributed by atoms with Crippen LogP contribution in [0.3, 0.4) is 0 Å². The second kappa shape index (κ2) is 10.2. The maximum absolute atomic E-state index is 13.2. The summed E-state index contributed by atoms with van der Waals surface area (Å²) in [6.07, 6.45) is 4.35. The predicted octanol–water partition coefficient (Wildman–Crippen LogP) is 1.38. The SMILES string of the molecule is CC.CC1=C(N2CC(O)C3(CCN(CCc4ccc(N=CN)nc4)CC3)C2=O)COC1=O. The molecule has 0 bridgehead atoms. The lowest BCUT2D eigenvalue weighted by Gasteiger charge is -2.39. The van der Waals surface area contributed by atoms with Crippen molar-refractivity contribution in [1.82, 2.24) is 14.8 Å². The van der Waals surface area contributed by atoms with E-state index in [0.29, 0.717) is 29.9 Å². The van der Waals surface area contributed by atoms with Crippen molar-refractivity contribution in [2.45, 2.75) is 46.1 Å². The van der Waals surface area contributed by atoms with Gasteiger partial charge in [0, 0.05) is 12.7 Å². The van der Waals surface area contributed by atoms with Crippen molar-refractivity contribution in [3.05, 3.63) is 35.2 Å². The third kappa shape index (κ3) is 4.54. The fraction of sp³-hybridized carbons (Fsp3) is 0.565. The molecule has 1 unspecified atom stereocenters. The lowest BCUT2D eigenvalue weighted by Crippen LogP contribution is -2.48. The van der Waals surface area contributed by atoms with E-state index in [1.807, 2.05) is 26.0 Å². The molecular formula is C23H33N5O4. The van der Waals surface area contributed by atoms with E-state index in [1.54, 1.807) is 18.0 Å². The first-order valence-electron chi connectivity index (χ1n) is 11.2. The zero-order valence-electron chi connectivity index (χ0n) is 19.1. The fourth-order valence-corrected chi connectivity index (χ4v) is 4.55. The molecule has 1 atom stereocenters. The second-order valence-electron chi connectivity index (χ2n) is 8.13. The van der Waals surface area contributed by atoms with Crippen LogP contribution in [0.15, 0.2) is 34.6 Å². The van der Waals surface area contributed by atoms with Crippen molar-refractivity contribution in [1.29, 1.82) is 0 Å². The number of ether oxygens (including phenoxy) is 1. The number of aliphatic imine (C=N–C) groups is 1. The molecule has 0 aliphatic carbocycles. The van der Waals surface area contributed by atoms with Gasteiger partial charge in [0.2, 0.25) is 5.91 Å². The van der Waals surface area contributed by atoms with Crippen LogP contribution in [-0.4, -0.2) is 77.0 Å². The molecule has 174 valence electrons. The summed E-state index contributed by atoms with van der Waals surface area (Å²) < 4.78 is 5.05. The Balaban J connectivity index is 0.00000141. The van der Waals surface area contributed by atoms with Gasteiger partial charge in [-0.15, -0.1) is 0 Å².